The van der Waals surface area contributed by atoms with Gasteiger partial charge in [-0.3, -0.25) is 5.43 Å². The second kappa shape index (κ2) is 8.60. The third kappa shape index (κ3) is 5.24. The van der Waals surface area contributed by atoms with E-state index in [0.29, 0.717) is 11.7 Å². The first kappa shape index (κ1) is 18.8. The predicted molar refractivity (Wildman–Crippen MR) is 113 cm³/mol. The van der Waals surface area contributed by atoms with Gasteiger partial charge in [0.15, 0.2) is 5.11 Å². The van der Waals surface area contributed by atoms with Crippen LogP contribution < -0.4 is 10.7 Å². The number of aryl methyl sites for hydroxylation is 2. The van der Waals surface area contributed by atoms with Gasteiger partial charge < -0.3 is 9.88 Å². The largest absolute Gasteiger partial charge is 0.342 e. The van der Waals surface area contributed by atoms with Crippen molar-refractivity contribution >= 4 is 29.2 Å². The molecule has 0 radical (unpaired) electrons. The molecule has 0 amide bonds. The summed E-state index contributed by atoms with van der Waals surface area (Å²) in [7, 11) is 0. The monoisotopic (exact) mass is 380 g/mol. The van der Waals surface area contributed by atoms with Crippen LogP contribution in [0.2, 0.25) is 0 Å². The van der Waals surface area contributed by atoms with E-state index in [1.54, 1.807) is 18.3 Å². The Labute approximate surface area is 163 Å². The van der Waals surface area contributed by atoms with Crippen LogP contribution in [0, 0.1) is 19.7 Å². The molecule has 0 aliphatic carbocycles. The van der Waals surface area contributed by atoms with Gasteiger partial charge in [-0.05, 0) is 67.5 Å². The molecule has 3 aromatic rings. The first-order chi connectivity index (χ1) is 13.0. The lowest BCUT2D eigenvalue weighted by molar-refractivity contribution is 0.626. The highest BCUT2D eigenvalue weighted by atomic mass is 32.1. The zero-order chi connectivity index (χ0) is 19.2. The first-order valence-electron chi connectivity index (χ1n) is 8.58. The summed E-state index contributed by atoms with van der Waals surface area (Å²) < 4.78 is 15.1. The van der Waals surface area contributed by atoms with Crippen molar-refractivity contribution in [3.05, 3.63) is 89.0 Å². The third-order valence-corrected chi connectivity index (χ3v) is 4.32. The van der Waals surface area contributed by atoms with Gasteiger partial charge in [-0.1, -0.05) is 29.8 Å². The summed E-state index contributed by atoms with van der Waals surface area (Å²) >= 11 is 5.30. The number of nitrogens with one attached hydrogen (secondary N) is 2. The summed E-state index contributed by atoms with van der Waals surface area (Å²) in [5, 5.41) is 7.78. The molecule has 2 N–H and O–H groups in total. The lowest BCUT2D eigenvalue weighted by Crippen LogP contribution is -2.24. The van der Waals surface area contributed by atoms with E-state index >= 15 is 0 Å². The molecule has 2 aromatic carbocycles. The van der Waals surface area contributed by atoms with Gasteiger partial charge in [0, 0.05) is 18.4 Å². The minimum absolute atomic E-state index is 0.234. The highest BCUT2D eigenvalue weighted by molar-refractivity contribution is 7.80. The average Bonchev–Trinajstić information content (AvgIpc) is 3.06. The average molecular weight is 380 g/mol. The highest BCUT2D eigenvalue weighted by Crippen LogP contribution is 2.15. The van der Waals surface area contributed by atoms with Gasteiger partial charge >= 0.3 is 0 Å². The van der Waals surface area contributed by atoms with E-state index in [-0.39, 0.29) is 5.82 Å². The van der Waals surface area contributed by atoms with Crippen LogP contribution in [0.15, 0.2) is 65.9 Å². The van der Waals surface area contributed by atoms with Crippen LogP contribution in [0.5, 0.6) is 0 Å². The van der Waals surface area contributed by atoms with Gasteiger partial charge in [-0.15, -0.1) is 0 Å². The van der Waals surface area contributed by atoms with Crippen LogP contribution in [0.25, 0.3) is 0 Å². The second-order valence-electron chi connectivity index (χ2n) is 6.33. The number of rotatable bonds is 5. The molecule has 138 valence electrons. The molecule has 0 aliphatic heterocycles. The molecule has 1 aromatic heterocycles. The lowest BCUT2D eigenvalue weighted by atomic mass is 10.1. The molecule has 0 fully saturated rings. The Morgan fingerprint density at radius 1 is 1.15 bits per heavy atom. The van der Waals surface area contributed by atoms with Crippen molar-refractivity contribution in [2.45, 2.75) is 20.4 Å². The molecular weight excluding hydrogens is 359 g/mol. The van der Waals surface area contributed by atoms with Gasteiger partial charge in [-0.25, -0.2) is 4.39 Å². The third-order valence-electron chi connectivity index (χ3n) is 4.12. The Morgan fingerprint density at radius 3 is 2.67 bits per heavy atom. The Hall–Kier alpha value is -2.99. The highest BCUT2D eigenvalue weighted by Gasteiger charge is 2.02. The minimum Gasteiger partial charge on any atom is -0.342 e. The number of hydrogen-bond donors (Lipinski definition) is 2. The number of hydrazone groups is 1. The number of anilines is 1. The van der Waals surface area contributed by atoms with E-state index < -0.39 is 0 Å². The first-order valence-corrected chi connectivity index (χ1v) is 8.99. The normalized spacial score (nSPS) is 10.9. The molecule has 0 bridgehead atoms. The molecule has 3 rings (SSSR count). The Bertz CT molecular complexity index is 961. The zero-order valence-corrected chi connectivity index (χ0v) is 16.1. The Kier molecular flexibility index (Phi) is 5.98. The summed E-state index contributed by atoms with van der Waals surface area (Å²) in [6.07, 6.45) is 3.66. The predicted octanol–water partition coefficient (Wildman–Crippen LogP) is 4.61. The molecule has 0 aliphatic rings. The maximum Gasteiger partial charge on any atom is 0.191 e. The Balaban J connectivity index is 1.59. The fraction of sp³-hybridized carbons (Fsp3) is 0.143. The van der Waals surface area contributed by atoms with Crippen molar-refractivity contribution in [1.82, 2.24) is 9.99 Å². The number of halogens is 1. The standard InChI is InChI=1S/C21H21FN4S/c1-15-5-10-20(16(2)12-15)24-21(27)25-23-13-19-4-3-11-26(19)14-17-6-8-18(22)9-7-17/h3-13H,14H2,1-2H3,(H2,24,25,27)/b23-13-. The SMILES string of the molecule is Cc1ccc(NC(=S)N/N=C\c2cccn2Cc2ccc(F)cc2)c(C)c1. The van der Waals surface area contributed by atoms with Gasteiger partial charge in [-0.2, -0.15) is 5.10 Å². The molecule has 6 heteroatoms. The number of benzene rings is 2. The van der Waals surface area contributed by atoms with Crippen molar-refractivity contribution in [2.24, 2.45) is 5.10 Å². The summed E-state index contributed by atoms with van der Waals surface area (Å²) in [6.45, 7) is 4.72. The van der Waals surface area contributed by atoms with E-state index in [9.17, 15) is 4.39 Å². The number of aromatic nitrogens is 1. The van der Waals surface area contributed by atoms with Crippen molar-refractivity contribution in [3.8, 4) is 0 Å². The van der Waals surface area contributed by atoms with E-state index in [4.69, 9.17) is 12.2 Å². The van der Waals surface area contributed by atoms with Gasteiger partial charge in [0.05, 0.1) is 11.9 Å². The molecule has 0 saturated carbocycles. The summed E-state index contributed by atoms with van der Waals surface area (Å²) in [4.78, 5) is 0. The summed E-state index contributed by atoms with van der Waals surface area (Å²) in [5.41, 5.74) is 8.05. The van der Waals surface area contributed by atoms with Crippen molar-refractivity contribution in [1.29, 1.82) is 0 Å². The smallest absolute Gasteiger partial charge is 0.191 e. The van der Waals surface area contributed by atoms with Gasteiger partial charge in [0.1, 0.15) is 5.82 Å². The van der Waals surface area contributed by atoms with Crippen LogP contribution in [0.4, 0.5) is 10.1 Å². The molecule has 1 heterocycles. The Morgan fingerprint density at radius 2 is 1.93 bits per heavy atom. The van der Waals surface area contributed by atoms with Crippen LogP contribution in [0.3, 0.4) is 0 Å². The van der Waals surface area contributed by atoms with E-state index in [0.717, 1.165) is 22.5 Å². The second-order valence-corrected chi connectivity index (χ2v) is 6.74. The topological polar surface area (TPSA) is 41.4 Å². The summed E-state index contributed by atoms with van der Waals surface area (Å²) in [6, 6.07) is 16.5. The maximum atomic E-state index is 13.0. The van der Waals surface area contributed by atoms with Crippen LogP contribution in [-0.4, -0.2) is 15.9 Å². The van der Waals surface area contributed by atoms with Crippen LogP contribution in [0.1, 0.15) is 22.4 Å². The number of nitrogens with zero attached hydrogens (tertiary/aromatic N) is 2. The van der Waals surface area contributed by atoms with E-state index in [2.05, 4.69) is 28.8 Å². The molecule has 0 unspecified atom stereocenters. The number of hydrogen-bond acceptors (Lipinski definition) is 2. The molecule has 4 nitrogen and oxygen atoms in total. The van der Waals surface area contributed by atoms with Crippen molar-refractivity contribution < 1.29 is 4.39 Å². The molecule has 0 atom stereocenters. The quantitative estimate of drug-likeness (QED) is 0.386. The number of thiocarbonyl (C=S) groups is 1. The van der Waals surface area contributed by atoms with E-state index in [1.807, 2.05) is 42.0 Å². The van der Waals surface area contributed by atoms with Gasteiger partial charge in [0.25, 0.3) is 0 Å². The zero-order valence-electron chi connectivity index (χ0n) is 15.2. The fourth-order valence-electron chi connectivity index (χ4n) is 2.74. The van der Waals surface area contributed by atoms with Crippen molar-refractivity contribution in [3.63, 3.8) is 0 Å². The minimum atomic E-state index is -0.234. The molecule has 0 spiro atoms. The van der Waals surface area contributed by atoms with Crippen LogP contribution >= 0.6 is 12.2 Å². The fourth-order valence-corrected chi connectivity index (χ4v) is 2.90. The summed E-state index contributed by atoms with van der Waals surface area (Å²) in [5.74, 6) is -0.234. The van der Waals surface area contributed by atoms with Gasteiger partial charge in [0.2, 0.25) is 0 Å². The van der Waals surface area contributed by atoms with Crippen molar-refractivity contribution in [2.75, 3.05) is 5.32 Å². The maximum absolute atomic E-state index is 13.0. The van der Waals surface area contributed by atoms with Crippen LogP contribution in [-0.2, 0) is 6.54 Å². The molecule has 0 saturated heterocycles. The lowest BCUT2D eigenvalue weighted by Gasteiger charge is -2.10. The molecule has 27 heavy (non-hydrogen) atoms. The van der Waals surface area contributed by atoms with E-state index in [1.165, 1.54) is 17.7 Å². The molecular formula is C21H21FN4S.